The highest BCUT2D eigenvalue weighted by Gasteiger charge is 2.26. The fourth-order valence-corrected chi connectivity index (χ4v) is 6.18. The topological polar surface area (TPSA) is 23.6 Å². The second-order valence-corrected chi connectivity index (χ2v) is 8.94. The lowest BCUT2D eigenvalue weighted by Crippen LogP contribution is -2.40. The van der Waals surface area contributed by atoms with Crippen molar-refractivity contribution in [2.24, 2.45) is 0 Å². The molecule has 1 aliphatic carbocycles. The van der Waals surface area contributed by atoms with Gasteiger partial charge in [0.2, 0.25) is 5.91 Å². The molecule has 3 nitrogen and oxygen atoms in total. The molecule has 1 atom stereocenters. The van der Waals surface area contributed by atoms with Gasteiger partial charge in [-0.2, -0.15) is 11.8 Å². The maximum Gasteiger partial charge on any atom is 0.232 e. The van der Waals surface area contributed by atoms with E-state index in [2.05, 4.69) is 21.6 Å². The van der Waals surface area contributed by atoms with Crippen molar-refractivity contribution < 1.29 is 4.79 Å². The molecular formula is C16H28N2OS2. The largest absolute Gasteiger partial charge is 0.341 e. The van der Waals surface area contributed by atoms with Crippen molar-refractivity contribution in [3.05, 3.63) is 0 Å². The minimum absolute atomic E-state index is 0.384. The van der Waals surface area contributed by atoms with E-state index in [4.69, 9.17) is 0 Å². The van der Waals surface area contributed by atoms with Crippen molar-refractivity contribution in [2.75, 3.05) is 43.4 Å². The van der Waals surface area contributed by atoms with Crippen LogP contribution in [0.15, 0.2) is 0 Å². The lowest BCUT2D eigenvalue weighted by Gasteiger charge is -2.26. The third kappa shape index (κ3) is 4.55. The fourth-order valence-electron chi connectivity index (χ4n) is 3.70. The zero-order valence-electron chi connectivity index (χ0n) is 13.0. The lowest BCUT2D eigenvalue weighted by molar-refractivity contribution is -0.128. The van der Waals surface area contributed by atoms with E-state index in [-0.39, 0.29) is 0 Å². The number of nitrogens with zero attached hydrogens (tertiary/aromatic N) is 2. The molecular weight excluding hydrogens is 300 g/mol. The number of hydrogen-bond acceptors (Lipinski definition) is 4. The molecule has 0 bridgehead atoms. The Hall–Kier alpha value is 0.130. The molecule has 5 heteroatoms. The molecule has 2 aliphatic heterocycles. The molecule has 2 saturated heterocycles. The van der Waals surface area contributed by atoms with E-state index in [1.54, 1.807) is 0 Å². The summed E-state index contributed by atoms with van der Waals surface area (Å²) < 4.78 is 0. The van der Waals surface area contributed by atoms with Gasteiger partial charge in [-0.25, -0.2) is 0 Å². The predicted molar refractivity (Wildman–Crippen MR) is 93.2 cm³/mol. The Bertz CT molecular complexity index is 341. The van der Waals surface area contributed by atoms with Gasteiger partial charge >= 0.3 is 0 Å². The average molecular weight is 329 g/mol. The van der Waals surface area contributed by atoms with Crippen LogP contribution in [-0.4, -0.2) is 70.4 Å². The molecule has 1 saturated carbocycles. The molecule has 1 unspecified atom stereocenters. The molecule has 2 heterocycles. The van der Waals surface area contributed by atoms with Crippen LogP contribution in [0.3, 0.4) is 0 Å². The Morgan fingerprint density at radius 3 is 2.67 bits per heavy atom. The highest BCUT2D eigenvalue weighted by molar-refractivity contribution is 8.00. The maximum atomic E-state index is 12.4. The van der Waals surface area contributed by atoms with Crippen LogP contribution in [0.1, 0.15) is 38.5 Å². The summed E-state index contributed by atoms with van der Waals surface area (Å²) in [6, 6.07) is 0.776. The van der Waals surface area contributed by atoms with E-state index in [0.29, 0.717) is 11.7 Å². The number of rotatable bonds is 4. The van der Waals surface area contributed by atoms with Crippen LogP contribution in [-0.2, 0) is 4.79 Å². The van der Waals surface area contributed by atoms with E-state index in [1.165, 1.54) is 50.2 Å². The van der Waals surface area contributed by atoms with E-state index in [9.17, 15) is 4.79 Å². The van der Waals surface area contributed by atoms with Gasteiger partial charge in [-0.15, -0.1) is 11.8 Å². The minimum atomic E-state index is 0.384. The molecule has 3 fully saturated rings. The Labute approximate surface area is 137 Å². The number of hydrogen-bond donors (Lipinski definition) is 0. The number of carbonyl (C=O) groups excluding carboxylic acids is 1. The first-order chi connectivity index (χ1) is 10.3. The van der Waals surface area contributed by atoms with Gasteiger partial charge in [0.1, 0.15) is 0 Å². The minimum Gasteiger partial charge on any atom is -0.341 e. The second-order valence-electron chi connectivity index (χ2n) is 6.51. The molecule has 0 spiro atoms. The summed E-state index contributed by atoms with van der Waals surface area (Å²) in [7, 11) is 0. The number of carbonyl (C=O) groups is 1. The second kappa shape index (κ2) is 8.11. The SMILES string of the molecule is O=C(CSC1CCCC1)N1CCCN(C2CCSC2)CC1. The molecule has 0 aromatic rings. The van der Waals surface area contributed by atoms with Crippen molar-refractivity contribution >= 4 is 29.4 Å². The van der Waals surface area contributed by atoms with E-state index in [0.717, 1.165) is 37.3 Å². The first kappa shape index (κ1) is 16.0. The van der Waals surface area contributed by atoms with Crippen molar-refractivity contribution in [3.8, 4) is 0 Å². The van der Waals surface area contributed by atoms with Gasteiger partial charge in [0.15, 0.2) is 0 Å². The van der Waals surface area contributed by atoms with Crippen LogP contribution in [0.4, 0.5) is 0 Å². The molecule has 21 heavy (non-hydrogen) atoms. The quantitative estimate of drug-likeness (QED) is 0.792. The summed E-state index contributed by atoms with van der Waals surface area (Å²) >= 11 is 4.00. The van der Waals surface area contributed by atoms with Gasteiger partial charge in [0.05, 0.1) is 5.75 Å². The zero-order valence-corrected chi connectivity index (χ0v) is 14.6. The lowest BCUT2D eigenvalue weighted by atomic mass is 10.2. The molecule has 1 amide bonds. The standard InChI is InChI=1S/C16H28N2OS2/c19-16(13-21-15-4-1-2-5-15)18-8-3-7-17(9-10-18)14-6-11-20-12-14/h14-15H,1-13H2. The number of amides is 1. The zero-order chi connectivity index (χ0) is 14.5. The Balaban J connectivity index is 1.41. The van der Waals surface area contributed by atoms with Gasteiger partial charge < -0.3 is 4.90 Å². The highest BCUT2D eigenvalue weighted by atomic mass is 32.2. The van der Waals surface area contributed by atoms with Gasteiger partial charge in [-0.3, -0.25) is 9.69 Å². The Morgan fingerprint density at radius 1 is 1.05 bits per heavy atom. The van der Waals surface area contributed by atoms with Gasteiger partial charge in [-0.05, 0) is 31.4 Å². The molecule has 3 aliphatic rings. The molecule has 0 N–H and O–H groups in total. The van der Waals surface area contributed by atoms with E-state index >= 15 is 0 Å². The Morgan fingerprint density at radius 2 is 1.90 bits per heavy atom. The molecule has 0 aromatic heterocycles. The third-order valence-electron chi connectivity index (χ3n) is 5.05. The summed E-state index contributed by atoms with van der Waals surface area (Å²) in [6.07, 6.45) is 7.88. The van der Waals surface area contributed by atoms with Crippen LogP contribution in [0.25, 0.3) is 0 Å². The summed E-state index contributed by atoms with van der Waals surface area (Å²) in [5, 5.41) is 0.757. The van der Waals surface area contributed by atoms with Crippen molar-refractivity contribution in [1.82, 2.24) is 9.80 Å². The van der Waals surface area contributed by atoms with Crippen molar-refractivity contribution in [2.45, 2.75) is 49.8 Å². The maximum absolute atomic E-state index is 12.4. The van der Waals surface area contributed by atoms with Gasteiger partial charge in [0.25, 0.3) is 0 Å². The van der Waals surface area contributed by atoms with Crippen LogP contribution < -0.4 is 0 Å². The molecule has 0 radical (unpaired) electrons. The van der Waals surface area contributed by atoms with Gasteiger partial charge in [-0.1, -0.05) is 12.8 Å². The van der Waals surface area contributed by atoms with Crippen molar-refractivity contribution in [1.29, 1.82) is 0 Å². The predicted octanol–water partition coefficient (Wildman–Crippen LogP) is 2.70. The van der Waals surface area contributed by atoms with Crippen LogP contribution >= 0.6 is 23.5 Å². The smallest absolute Gasteiger partial charge is 0.232 e. The average Bonchev–Trinajstić information content (AvgIpc) is 3.15. The van der Waals surface area contributed by atoms with E-state index < -0.39 is 0 Å². The first-order valence-corrected chi connectivity index (χ1v) is 10.7. The van der Waals surface area contributed by atoms with E-state index in [1.807, 2.05) is 11.8 Å². The van der Waals surface area contributed by atoms with Crippen LogP contribution in [0, 0.1) is 0 Å². The van der Waals surface area contributed by atoms with Gasteiger partial charge in [0, 0.05) is 43.2 Å². The summed E-state index contributed by atoms with van der Waals surface area (Å²) in [4.78, 5) is 17.2. The number of thioether (sulfide) groups is 2. The third-order valence-corrected chi connectivity index (χ3v) is 7.55. The summed E-state index contributed by atoms with van der Waals surface area (Å²) in [5.74, 6) is 3.71. The Kier molecular flexibility index (Phi) is 6.18. The van der Waals surface area contributed by atoms with Crippen molar-refractivity contribution in [3.63, 3.8) is 0 Å². The van der Waals surface area contributed by atoms with Crippen LogP contribution in [0.2, 0.25) is 0 Å². The summed E-state index contributed by atoms with van der Waals surface area (Å²) in [5.41, 5.74) is 0. The first-order valence-electron chi connectivity index (χ1n) is 8.54. The summed E-state index contributed by atoms with van der Waals surface area (Å²) in [6.45, 7) is 4.20. The normalized spacial score (nSPS) is 29.0. The molecule has 120 valence electrons. The highest BCUT2D eigenvalue weighted by Crippen LogP contribution is 2.29. The molecule has 3 rings (SSSR count). The van der Waals surface area contributed by atoms with Crippen LogP contribution in [0.5, 0.6) is 0 Å². The molecule has 0 aromatic carbocycles. The monoisotopic (exact) mass is 328 g/mol. The fraction of sp³-hybridized carbons (Fsp3) is 0.938.